The van der Waals surface area contributed by atoms with Crippen molar-refractivity contribution in [2.75, 3.05) is 0 Å². The number of hydrogen-bond donors (Lipinski definition) is 1. The highest BCUT2D eigenvalue weighted by molar-refractivity contribution is 6.54. The van der Waals surface area contributed by atoms with Gasteiger partial charge in [-0.15, -0.1) is 10.2 Å². The van der Waals surface area contributed by atoms with E-state index in [0.717, 1.165) is 17.6 Å². The molecule has 0 aliphatic rings. The van der Waals surface area contributed by atoms with Gasteiger partial charge in [-0.05, 0) is 5.21 Å². The quantitative estimate of drug-likeness (QED) is 0.386. The number of tetrazole rings is 1. The second-order valence-corrected chi connectivity index (χ2v) is 7.35. The van der Waals surface area contributed by atoms with Crippen molar-refractivity contribution < 1.29 is 9.90 Å². The van der Waals surface area contributed by atoms with Crippen LogP contribution in [0.4, 0.5) is 0 Å². The van der Waals surface area contributed by atoms with Crippen LogP contribution in [-0.2, 0) is 11.3 Å². The lowest BCUT2D eigenvalue weighted by atomic mass is 9.49. The Morgan fingerprint density at radius 2 is 1.60 bits per heavy atom. The zero-order chi connectivity index (χ0) is 18.5. The van der Waals surface area contributed by atoms with Crippen LogP contribution in [0.1, 0.15) is 91.4 Å². The molecule has 0 amide bonds. The molecule has 0 saturated carbocycles. The molecule has 141 valence electrons. The highest BCUT2D eigenvalue weighted by Gasteiger charge is 2.28. The third kappa shape index (κ3) is 9.61. The number of nitrogens with zero attached hydrogens (tertiary/aromatic N) is 4. The highest BCUT2D eigenvalue weighted by Crippen LogP contribution is 2.37. The normalized spacial score (nSPS) is 13.6. The summed E-state index contributed by atoms with van der Waals surface area (Å²) in [7, 11) is 2.10. The minimum atomic E-state index is -0.956. The zero-order valence-electron chi connectivity index (χ0n) is 16.2. The fourth-order valence-electron chi connectivity index (χ4n) is 3.17. The summed E-state index contributed by atoms with van der Waals surface area (Å²) in [6.45, 7) is 6.49. The van der Waals surface area contributed by atoms with Gasteiger partial charge >= 0.3 is 5.97 Å². The molecule has 0 fully saturated rings. The molecule has 1 aromatic heterocycles. The van der Waals surface area contributed by atoms with Crippen molar-refractivity contribution in [1.29, 1.82) is 0 Å². The Morgan fingerprint density at radius 1 is 1.04 bits per heavy atom. The maximum atomic E-state index is 10.8. The van der Waals surface area contributed by atoms with E-state index in [1.54, 1.807) is 0 Å². The van der Waals surface area contributed by atoms with Crippen molar-refractivity contribution in [2.45, 2.75) is 103 Å². The smallest absolute Gasteiger partial charge is 0.327 e. The summed E-state index contributed by atoms with van der Waals surface area (Å²) >= 11 is 0. The summed E-state index contributed by atoms with van der Waals surface area (Å²) in [5, 5.41) is 20.9. The van der Waals surface area contributed by atoms with Crippen LogP contribution in [0.5, 0.6) is 0 Å². The van der Waals surface area contributed by atoms with E-state index in [9.17, 15) is 4.79 Å². The molecule has 25 heavy (non-hydrogen) atoms. The third-order valence-corrected chi connectivity index (χ3v) is 4.68. The molecular weight excluding hydrogens is 315 g/mol. The van der Waals surface area contributed by atoms with Gasteiger partial charge in [0.15, 0.2) is 6.54 Å². The largest absolute Gasteiger partial charge is 0.480 e. The number of unbranched alkanes of at least 4 members (excludes halogenated alkanes) is 7. The first kappa shape index (κ1) is 21.6. The van der Waals surface area contributed by atoms with Gasteiger partial charge in [-0.1, -0.05) is 96.7 Å². The zero-order valence-corrected chi connectivity index (χ0v) is 16.2. The molecule has 0 spiro atoms. The number of aromatic nitrogens is 4. The van der Waals surface area contributed by atoms with Crippen LogP contribution in [0.3, 0.4) is 0 Å². The molecule has 7 heteroatoms. The Labute approximate surface area is 153 Å². The van der Waals surface area contributed by atoms with Gasteiger partial charge in [-0.2, -0.15) is 4.80 Å². The molecule has 0 saturated heterocycles. The standard InChI is InChI=1S/C18H34BN4O2/c1-4-6-8-10-12-14-18(3,13-11-9-7-5-2)19-17-20-22-23(21-17)15-16(24)25/h4-15H2,1-3H3,(H,24,25). The second-order valence-electron chi connectivity index (χ2n) is 7.35. The van der Waals surface area contributed by atoms with Gasteiger partial charge in [0.2, 0.25) is 7.28 Å². The van der Waals surface area contributed by atoms with Crippen LogP contribution in [-0.4, -0.2) is 38.6 Å². The minimum absolute atomic E-state index is 0.0526. The van der Waals surface area contributed by atoms with Gasteiger partial charge in [0, 0.05) is 0 Å². The average molecular weight is 349 g/mol. The first-order valence-corrected chi connectivity index (χ1v) is 9.84. The number of carboxylic acid groups (broad SMARTS) is 1. The van der Waals surface area contributed by atoms with E-state index in [1.807, 2.05) is 0 Å². The van der Waals surface area contributed by atoms with Crippen LogP contribution in [0.25, 0.3) is 0 Å². The molecule has 1 N–H and O–H groups in total. The fraction of sp³-hybridized carbons (Fsp3) is 0.889. The molecule has 6 nitrogen and oxygen atoms in total. The third-order valence-electron chi connectivity index (χ3n) is 4.68. The highest BCUT2D eigenvalue weighted by atomic mass is 16.4. The van der Waals surface area contributed by atoms with Gasteiger partial charge in [0.1, 0.15) is 5.72 Å². The van der Waals surface area contributed by atoms with Crippen LogP contribution in [0.15, 0.2) is 0 Å². The van der Waals surface area contributed by atoms with Crippen LogP contribution in [0, 0.1) is 0 Å². The molecule has 1 heterocycles. The predicted molar refractivity (Wildman–Crippen MR) is 101 cm³/mol. The predicted octanol–water partition coefficient (Wildman–Crippen LogP) is 3.60. The lowest BCUT2D eigenvalue weighted by molar-refractivity contribution is -0.138. The van der Waals surface area contributed by atoms with Crippen LogP contribution in [0.2, 0.25) is 5.31 Å². The summed E-state index contributed by atoms with van der Waals surface area (Å²) in [4.78, 5) is 11.9. The molecule has 1 aromatic rings. The molecule has 1 unspecified atom stereocenters. The maximum absolute atomic E-state index is 10.8. The molecule has 0 aromatic carbocycles. The lowest BCUT2D eigenvalue weighted by Crippen LogP contribution is -2.31. The fourth-order valence-corrected chi connectivity index (χ4v) is 3.17. The van der Waals surface area contributed by atoms with Gasteiger partial charge in [0.25, 0.3) is 0 Å². The Morgan fingerprint density at radius 3 is 2.16 bits per heavy atom. The lowest BCUT2D eigenvalue weighted by Gasteiger charge is -2.28. The molecule has 1 radical (unpaired) electrons. The Kier molecular flexibility index (Phi) is 10.4. The van der Waals surface area contributed by atoms with E-state index >= 15 is 0 Å². The summed E-state index contributed by atoms with van der Waals surface area (Å²) in [5.74, 6) is -0.956. The molecular formula is C18H34BN4O2. The van der Waals surface area contributed by atoms with Crippen LogP contribution >= 0.6 is 0 Å². The van der Waals surface area contributed by atoms with Gasteiger partial charge in [-0.3, -0.25) is 4.79 Å². The van der Waals surface area contributed by atoms with E-state index in [2.05, 4.69) is 43.5 Å². The van der Waals surface area contributed by atoms with E-state index in [1.165, 1.54) is 57.8 Å². The number of carbonyl (C=O) groups is 1. The monoisotopic (exact) mass is 349 g/mol. The van der Waals surface area contributed by atoms with Crippen molar-refractivity contribution in [1.82, 2.24) is 20.2 Å². The van der Waals surface area contributed by atoms with E-state index in [-0.39, 0.29) is 11.9 Å². The van der Waals surface area contributed by atoms with Crippen LogP contribution < -0.4 is 5.72 Å². The van der Waals surface area contributed by atoms with Crippen molar-refractivity contribution in [3.8, 4) is 0 Å². The van der Waals surface area contributed by atoms with E-state index in [4.69, 9.17) is 5.11 Å². The van der Waals surface area contributed by atoms with Crippen molar-refractivity contribution >= 4 is 19.0 Å². The first-order valence-electron chi connectivity index (χ1n) is 9.84. The molecule has 0 bridgehead atoms. The topological polar surface area (TPSA) is 80.9 Å². The van der Waals surface area contributed by atoms with E-state index < -0.39 is 5.97 Å². The van der Waals surface area contributed by atoms with Gasteiger partial charge in [0.05, 0.1) is 0 Å². The summed E-state index contributed by atoms with van der Waals surface area (Å²) in [6.07, 6.45) is 13.6. The molecule has 1 rings (SSSR count). The minimum Gasteiger partial charge on any atom is -0.480 e. The maximum Gasteiger partial charge on any atom is 0.327 e. The average Bonchev–Trinajstić information content (AvgIpc) is 2.97. The number of aliphatic carboxylic acids is 1. The summed E-state index contributed by atoms with van der Waals surface area (Å²) < 4.78 is 0. The van der Waals surface area contributed by atoms with Crippen molar-refractivity contribution in [3.63, 3.8) is 0 Å². The Hall–Kier alpha value is -1.40. The second kappa shape index (κ2) is 12.0. The molecule has 0 aliphatic carbocycles. The number of hydrogen-bond acceptors (Lipinski definition) is 4. The van der Waals surface area contributed by atoms with Crippen molar-refractivity contribution in [2.24, 2.45) is 0 Å². The summed E-state index contributed by atoms with van der Waals surface area (Å²) in [5.41, 5.74) is 0.549. The number of rotatable bonds is 15. The summed E-state index contributed by atoms with van der Waals surface area (Å²) in [6, 6.07) is 0. The van der Waals surface area contributed by atoms with Gasteiger partial charge in [-0.25, -0.2) is 0 Å². The van der Waals surface area contributed by atoms with Gasteiger partial charge < -0.3 is 5.11 Å². The van der Waals surface area contributed by atoms with E-state index in [0.29, 0.717) is 5.72 Å². The Bertz CT molecular complexity index is 495. The SMILES string of the molecule is CCCCCCCC(C)([B]c1nnn(CC(=O)O)n1)CCCCCC. The Balaban J connectivity index is 2.58. The first-order chi connectivity index (χ1) is 12.0. The van der Waals surface area contributed by atoms with Crippen molar-refractivity contribution in [3.05, 3.63) is 0 Å². The molecule has 1 atom stereocenters. The molecule has 0 aliphatic heterocycles. The number of carboxylic acids is 1.